The summed E-state index contributed by atoms with van der Waals surface area (Å²) in [6, 6.07) is 5.63. The Bertz CT molecular complexity index is 364. The molecule has 0 aromatic heterocycles. The van der Waals surface area contributed by atoms with Gasteiger partial charge in [0.1, 0.15) is 5.82 Å². The van der Waals surface area contributed by atoms with E-state index in [0.29, 0.717) is 12.6 Å². The zero-order chi connectivity index (χ0) is 11.5. The normalized spacial score (nSPS) is 20.6. The van der Waals surface area contributed by atoms with E-state index in [2.05, 4.69) is 33.2 Å². The Kier molecular flexibility index (Phi) is 3.95. The van der Waals surface area contributed by atoms with Crippen LogP contribution in [0.1, 0.15) is 12.0 Å². The standard InChI is InChI=1S/C12H16BrFN2/c1-16(11-4-5-15-7-11)8-9-6-10(13)2-3-12(9)14/h2-3,6,11,15H,4-5,7-8H2,1H3. The number of nitrogens with one attached hydrogen (secondary N) is 1. The summed E-state index contributed by atoms with van der Waals surface area (Å²) in [4.78, 5) is 2.21. The van der Waals surface area contributed by atoms with Crippen LogP contribution in [0.25, 0.3) is 0 Å². The molecule has 1 atom stereocenters. The second kappa shape index (κ2) is 5.25. The van der Waals surface area contributed by atoms with Gasteiger partial charge in [-0.05, 0) is 38.2 Å². The maximum Gasteiger partial charge on any atom is 0.127 e. The second-order valence-electron chi connectivity index (χ2n) is 4.30. The second-order valence-corrected chi connectivity index (χ2v) is 5.21. The van der Waals surface area contributed by atoms with E-state index in [9.17, 15) is 4.39 Å². The van der Waals surface area contributed by atoms with Crippen molar-refractivity contribution >= 4 is 15.9 Å². The molecule has 1 fully saturated rings. The van der Waals surface area contributed by atoms with Gasteiger partial charge in [-0.15, -0.1) is 0 Å². The summed E-state index contributed by atoms with van der Waals surface area (Å²) in [6.45, 7) is 2.74. The summed E-state index contributed by atoms with van der Waals surface area (Å²) in [5.74, 6) is -0.124. The van der Waals surface area contributed by atoms with Gasteiger partial charge in [-0.25, -0.2) is 4.39 Å². The summed E-state index contributed by atoms with van der Waals surface area (Å²) in [6.07, 6.45) is 1.14. The SMILES string of the molecule is CN(Cc1cc(Br)ccc1F)C1CCNC1. The van der Waals surface area contributed by atoms with Crippen LogP contribution in [-0.2, 0) is 6.54 Å². The predicted octanol–water partition coefficient (Wildman–Crippen LogP) is 2.38. The molecule has 0 spiro atoms. The van der Waals surface area contributed by atoms with E-state index in [4.69, 9.17) is 0 Å². The maximum atomic E-state index is 13.6. The minimum absolute atomic E-state index is 0.124. The van der Waals surface area contributed by atoms with Gasteiger partial charge in [-0.3, -0.25) is 4.90 Å². The lowest BCUT2D eigenvalue weighted by Crippen LogP contribution is -2.33. The monoisotopic (exact) mass is 286 g/mol. The molecular formula is C12H16BrFN2. The number of benzene rings is 1. The van der Waals surface area contributed by atoms with Crippen LogP contribution in [-0.4, -0.2) is 31.1 Å². The Morgan fingerprint density at radius 3 is 3.06 bits per heavy atom. The molecule has 0 amide bonds. The molecule has 1 aromatic rings. The van der Waals surface area contributed by atoms with Gasteiger partial charge in [0.25, 0.3) is 0 Å². The molecular weight excluding hydrogens is 271 g/mol. The molecule has 2 rings (SSSR count). The third kappa shape index (κ3) is 2.81. The highest BCUT2D eigenvalue weighted by Gasteiger charge is 2.19. The lowest BCUT2D eigenvalue weighted by atomic mass is 10.1. The van der Waals surface area contributed by atoms with E-state index in [-0.39, 0.29) is 5.82 Å². The van der Waals surface area contributed by atoms with Crippen molar-refractivity contribution < 1.29 is 4.39 Å². The van der Waals surface area contributed by atoms with E-state index >= 15 is 0 Å². The van der Waals surface area contributed by atoms with Crippen LogP contribution < -0.4 is 5.32 Å². The molecule has 0 radical (unpaired) electrons. The molecule has 16 heavy (non-hydrogen) atoms. The molecule has 1 N–H and O–H groups in total. The number of halogens is 2. The summed E-state index contributed by atoms with van der Waals surface area (Å²) >= 11 is 3.37. The third-order valence-electron chi connectivity index (χ3n) is 3.09. The zero-order valence-corrected chi connectivity index (χ0v) is 10.9. The van der Waals surface area contributed by atoms with Gasteiger partial charge in [0.2, 0.25) is 0 Å². The van der Waals surface area contributed by atoms with E-state index in [1.165, 1.54) is 6.07 Å². The molecule has 88 valence electrons. The van der Waals surface area contributed by atoms with Crippen molar-refractivity contribution in [2.45, 2.75) is 19.0 Å². The number of likely N-dealkylation sites (N-methyl/N-ethyl adjacent to an activating group) is 1. The molecule has 0 aliphatic carbocycles. The van der Waals surface area contributed by atoms with Crippen LogP contribution in [0.15, 0.2) is 22.7 Å². The summed E-state index contributed by atoms with van der Waals surface area (Å²) in [5.41, 5.74) is 0.753. The van der Waals surface area contributed by atoms with Crippen molar-refractivity contribution in [2.75, 3.05) is 20.1 Å². The van der Waals surface area contributed by atoms with Gasteiger partial charge < -0.3 is 5.32 Å². The van der Waals surface area contributed by atoms with Crippen molar-refractivity contribution in [3.63, 3.8) is 0 Å². The summed E-state index contributed by atoms with van der Waals surface area (Å²) in [7, 11) is 2.05. The molecule has 1 aromatic carbocycles. The maximum absolute atomic E-state index is 13.6. The number of hydrogen-bond acceptors (Lipinski definition) is 2. The first-order valence-corrected chi connectivity index (χ1v) is 6.31. The van der Waals surface area contributed by atoms with Gasteiger partial charge in [0.15, 0.2) is 0 Å². The molecule has 1 aliphatic rings. The van der Waals surface area contributed by atoms with Crippen LogP contribution in [0, 0.1) is 5.82 Å². The fourth-order valence-electron chi connectivity index (χ4n) is 2.08. The topological polar surface area (TPSA) is 15.3 Å². The van der Waals surface area contributed by atoms with Crippen molar-refractivity contribution in [2.24, 2.45) is 0 Å². The van der Waals surface area contributed by atoms with Gasteiger partial charge in [-0.2, -0.15) is 0 Å². The minimum Gasteiger partial charge on any atom is -0.315 e. The Morgan fingerprint density at radius 1 is 1.56 bits per heavy atom. The highest BCUT2D eigenvalue weighted by Crippen LogP contribution is 2.18. The molecule has 2 nitrogen and oxygen atoms in total. The molecule has 4 heteroatoms. The van der Waals surface area contributed by atoms with E-state index in [1.807, 2.05) is 6.07 Å². The number of rotatable bonds is 3. The van der Waals surface area contributed by atoms with Gasteiger partial charge >= 0.3 is 0 Å². The summed E-state index contributed by atoms with van der Waals surface area (Å²) < 4.78 is 14.5. The van der Waals surface area contributed by atoms with Gasteiger partial charge in [0.05, 0.1) is 0 Å². The highest BCUT2D eigenvalue weighted by atomic mass is 79.9. The molecule has 1 saturated heterocycles. The number of hydrogen-bond donors (Lipinski definition) is 1. The van der Waals surface area contributed by atoms with Crippen molar-refractivity contribution in [1.82, 2.24) is 10.2 Å². The average Bonchev–Trinajstić information content (AvgIpc) is 2.76. The molecule has 1 unspecified atom stereocenters. The Hall–Kier alpha value is -0.450. The van der Waals surface area contributed by atoms with Gasteiger partial charge in [0, 0.05) is 29.2 Å². The Balaban J connectivity index is 2.04. The minimum atomic E-state index is -0.124. The predicted molar refractivity (Wildman–Crippen MR) is 66.8 cm³/mol. The largest absolute Gasteiger partial charge is 0.315 e. The molecule has 0 bridgehead atoms. The van der Waals surface area contributed by atoms with Crippen LogP contribution >= 0.6 is 15.9 Å². The fourth-order valence-corrected chi connectivity index (χ4v) is 2.49. The van der Waals surface area contributed by atoms with Crippen molar-refractivity contribution in [3.8, 4) is 0 Å². The Morgan fingerprint density at radius 2 is 2.38 bits per heavy atom. The van der Waals surface area contributed by atoms with Crippen LogP contribution in [0.2, 0.25) is 0 Å². The van der Waals surface area contributed by atoms with Crippen LogP contribution in [0.4, 0.5) is 4.39 Å². The fraction of sp³-hybridized carbons (Fsp3) is 0.500. The summed E-state index contributed by atoms with van der Waals surface area (Å²) in [5, 5.41) is 3.32. The Labute approximate surface area is 104 Å². The zero-order valence-electron chi connectivity index (χ0n) is 9.34. The van der Waals surface area contributed by atoms with Crippen molar-refractivity contribution in [1.29, 1.82) is 0 Å². The van der Waals surface area contributed by atoms with Crippen LogP contribution in [0.3, 0.4) is 0 Å². The average molecular weight is 287 g/mol. The van der Waals surface area contributed by atoms with Gasteiger partial charge in [-0.1, -0.05) is 15.9 Å². The first kappa shape index (κ1) is 12.0. The van der Waals surface area contributed by atoms with E-state index in [0.717, 1.165) is 29.5 Å². The smallest absolute Gasteiger partial charge is 0.127 e. The lowest BCUT2D eigenvalue weighted by molar-refractivity contribution is 0.245. The third-order valence-corrected chi connectivity index (χ3v) is 3.58. The molecule has 0 saturated carbocycles. The van der Waals surface area contributed by atoms with Crippen LogP contribution in [0.5, 0.6) is 0 Å². The first-order valence-electron chi connectivity index (χ1n) is 5.51. The first-order chi connectivity index (χ1) is 7.66. The van der Waals surface area contributed by atoms with E-state index < -0.39 is 0 Å². The van der Waals surface area contributed by atoms with E-state index in [1.54, 1.807) is 6.07 Å². The lowest BCUT2D eigenvalue weighted by Gasteiger charge is -2.23. The quantitative estimate of drug-likeness (QED) is 0.918. The number of nitrogens with zero attached hydrogens (tertiary/aromatic N) is 1. The molecule has 1 aliphatic heterocycles. The highest BCUT2D eigenvalue weighted by molar-refractivity contribution is 9.10. The molecule has 1 heterocycles. The van der Waals surface area contributed by atoms with Crippen molar-refractivity contribution in [3.05, 3.63) is 34.1 Å².